The number of fused-ring (bicyclic) bond motifs is 1. The van der Waals surface area contributed by atoms with E-state index in [-0.39, 0.29) is 17.9 Å². The van der Waals surface area contributed by atoms with Gasteiger partial charge in [0, 0.05) is 22.9 Å². The van der Waals surface area contributed by atoms with Crippen LogP contribution in [-0.2, 0) is 0 Å². The smallest absolute Gasteiger partial charge is 0.257 e. The predicted molar refractivity (Wildman–Crippen MR) is 106 cm³/mol. The quantitative estimate of drug-likeness (QED) is 0.599. The van der Waals surface area contributed by atoms with Crippen molar-refractivity contribution in [2.75, 3.05) is 11.1 Å². The number of anilines is 2. The summed E-state index contributed by atoms with van der Waals surface area (Å²) in [6.45, 7) is 3.99. The van der Waals surface area contributed by atoms with Crippen LogP contribution >= 0.6 is 11.3 Å². The van der Waals surface area contributed by atoms with Crippen LogP contribution in [0.3, 0.4) is 0 Å². The summed E-state index contributed by atoms with van der Waals surface area (Å²) in [5.41, 5.74) is 8.06. The SMILES string of the molecule is CC[C@H](C)NC(=O)c1ccc2nc(NC(=O)c3ccc(N)cc3)sc2c1. The number of nitrogen functional groups attached to an aromatic ring is 1. The van der Waals surface area contributed by atoms with Crippen molar-refractivity contribution >= 4 is 44.2 Å². The molecule has 0 radical (unpaired) electrons. The number of carbonyl (C=O) groups is 2. The minimum Gasteiger partial charge on any atom is -0.399 e. The van der Waals surface area contributed by atoms with Gasteiger partial charge in [-0.25, -0.2) is 4.98 Å². The minimum absolute atomic E-state index is 0.109. The molecule has 0 saturated carbocycles. The first kappa shape index (κ1) is 17.9. The molecule has 0 aliphatic carbocycles. The number of carbonyl (C=O) groups excluding carboxylic acids is 2. The van der Waals surface area contributed by atoms with E-state index in [0.29, 0.717) is 21.9 Å². The average Bonchev–Trinajstić information content (AvgIpc) is 3.03. The van der Waals surface area contributed by atoms with E-state index in [0.717, 1.165) is 16.6 Å². The van der Waals surface area contributed by atoms with Crippen molar-refractivity contribution in [2.24, 2.45) is 0 Å². The van der Waals surface area contributed by atoms with E-state index in [1.165, 1.54) is 11.3 Å². The predicted octanol–water partition coefficient (Wildman–Crippen LogP) is 3.66. The topological polar surface area (TPSA) is 97.1 Å². The fraction of sp³-hybridized carbons (Fsp3) is 0.211. The minimum atomic E-state index is -0.251. The molecule has 0 bridgehead atoms. The summed E-state index contributed by atoms with van der Waals surface area (Å²) >= 11 is 1.33. The number of hydrogen-bond donors (Lipinski definition) is 3. The van der Waals surface area contributed by atoms with Crippen molar-refractivity contribution < 1.29 is 9.59 Å². The van der Waals surface area contributed by atoms with E-state index in [1.54, 1.807) is 42.5 Å². The van der Waals surface area contributed by atoms with Gasteiger partial charge in [-0.05, 0) is 55.8 Å². The number of rotatable bonds is 5. The highest BCUT2D eigenvalue weighted by Gasteiger charge is 2.13. The summed E-state index contributed by atoms with van der Waals surface area (Å²) < 4.78 is 0.842. The Morgan fingerprint density at radius 1 is 1.12 bits per heavy atom. The van der Waals surface area contributed by atoms with Crippen molar-refractivity contribution in [3.8, 4) is 0 Å². The Morgan fingerprint density at radius 3 is 2.50 bits per heavy atom. The highest BCUT2D eigenvalue weighted by Crippen LogP contribution is 2.27. The molecule has 7 heteroatoms. The Bertz CT molecular complexity index is 950. The average molecular weight is 368 g/mol. The van der Waals surface area contributed by atoms with E-state index >= 15 is 0 Å². The number of amides is 2. The standard InChI is InChI=1S/C19H20N4O2S/c1-3-11(2)21-18(25)13-6-9-15-16(10-13)26-19(22-15)23-17(24)12-4-7-14(20)8-5-12/h4-11H,3,20H2,1-2H3,(H,21,25)(H,22,23,24)/t11-/m0/s1. The monoisotopic (exact) mass is 368 g/mol. The molecule has 0 spiro atoms. The first-order valence-corrected chi connectivity index (χ1v) is 9.16. The number of nitrogens with two attached hydrogens (primary N) is 1. The lowest BCUT2D eigenvalue weighted by Gasteiger charge is -2.10. The Balaban J connectivity index is 1.77. The highest BCUT2D eigenvalue weighted by atomic mass is 32.1. The Kier molecular flexibility index (Phi) is 5.18. The van der Waals surface area contributed by atoms with Crippen LogP contribution in [0, 0.1) is 0 Å². The molecule has 1 aromatic heterocycles. The first-order valence-electron chi connectivity index (χ1n) is 8.34. The molecular formula is C19H20N4O2S. The maximum atomic E-state index is 12.3. The Hall–Kier alpha value is -2.93. The third-order valence-electron chi connectivity index (χ3n) is 4.03. The van der Waals surface area contributed by atoms with Crippen LogP contribution in [0.15, 0.2) is 42.5 Å². The van der Waals surface area contributed by atoms with Gasteiger partial charge in [-0.1, -0.05) is 18.3 Å². The maximum Gasteiger partial charge on any atom is 0.257 e. The second kappa shape index (κ2) is 7.53. The van der Waals surface area contributed by atoms with Crippen molar-refractivity contribution in [1.29, 1.82) is 0 Å². The first-order chi connectivity index (χ1) is 12.5. The van der Waals surface area contributed by atoms with Crippen molar-refractivity contribution in [3.05, 3.63) is 53.6 Å². The zero-order valence-corrected chi connectivity index (χ0v) is 15.4. The van der Waals surface area contributed by atoms with Crippen molar-refractivity contribution in [1.82, 2.24) is 10.3 Å². The summed E-state index contributed by atoms with van der Waals surface area (Å²) in [4.78, 5) is 28.9. The van der Waals surface area contributed by atoms with E-state index in [4.69, 9.17) is 5.73 Å². The lowest BCUT2D eigenvalue weighted by atomic mass is 10.2. The molecule has 1 heterocycles. The molecule has 3 rings (SSSR count). The van der Waals surface area contributed by atoms with Gasteiger partial charge in [-0.15, -0.1) is 0 Å². The van der Waals surface area contributed by atoms with Crippen LogP contribution < -0.4 is 16.4 Å². The van der Waals surface area contributed by atoms with E-state index in [9.17, 15) is 9.59 Å². The molecule has 0 unspecified atom stereocenters. The number of nitrogens with zero attached hydrogens (tertiary/aromatic N) is 1. The largest absolute Gasteiger partial charge is 0.399 e. The summed E-state index contributed by atoms with van der Waals surface area (Å²) in [5, 5.41) is 6.21. The second-order valence-corrected chi connectivity index (χ2v) is 7.09. The number of thiazole rings is 1. The summed E-state index contributed by atoms with van der Waals surface area (Å²) in [7, 11) is 0. The van der Waals surface area contributed by atoms with Crippen molar-refractivity contribution in [2.45, 2.75) is 26.3 Å². The lowest BCUT2D eigenvalue weighted by molar-refractivity contribution is 0.0938. The van der Waals surface area contributed by atoms with Crippen LogP contribution in [0.2, 0.25) is 0 Å². The molecule has 134 valence electrons. The van der Waals surface area contributed by atoms with Crippen molar-refractivity contribution in [3.63, 3.8) is 0 Å². The zero-order chi connectivity index (χ0) is 18.7. The van der Waals surface area contributed by atoms with E-state index in [1.807, 2.05) is 13.8 Å². The number of hydrogen-bond acceptors (Lipinski definition) is 5. The lowest BCUT2D eigenvalue weighted by Crippen LogP contribution is -2.31. The summed E-state index contributed by atoms with van der Waals surface area (Å²) in [6, 6.07) is 12.1. The molecule has 26 heavy (non-hydrogen) atoms. The molecule has 0 saturated heterocycles. The molecule has 6 nitrogen and oxygen atoms in total. The van der Waals surface area contributed by atoms with Crippen LogP contribution in [0.1, 0.15) is 41.0 Å². The molecule has 3 aromatic rings. The molecular weight excluding hydrogens is 348 g/mol. The number of nitrogens with one attached hydrogen (secondary N) is 2. The van der Waals surface area contributed by atoms with Gasteiger partial charge in [0.2, 0.25) is 0 Å². The van der Waals surface area contributed by atoms with Gasteiger partial charge < -0.3 is 11.1 Å². The van der Waals surface area contributed by atoms with E-state index < -0.39 is 0 Å². The molecule has 4 N–H and O–H groups in total. The molecule has 0 aliphatic rings. The van der Waals surface area contributed by atoms with Crippen LogP contribution in [0.4, 0.5) is 10.8 Å². The van der Waals surface area contributed by atoms with Gasteiger partial charge in [-0.2, -0.15) is 0 Å². The maximum absolute atomic E-state index is 12.3. The summed E-state index contributed by atoms with van der Waals surface area (Å²) in [5.74, 6) is -0.360. The van der Waals surface area contributed by atoms with Crippen LogP contribution in [-0.4, -0.2) is 22.8 Å². The van der Waals surface area contributed by atoms with Gasteiger partial charge in [0.15, 0.2) is 5.13 Å². The van der Waals surface area contributed by atoms with Crippen LogP contribution in [0.5, 0.6) is 0 Å². The molecule has 0 fully saturated rings. The van der Waals surface area contributed by atoms with Gasteiger partial charge in [0.05, 0.1) is 10.2 Å². The van der Waals surface area contributed by atoms with Gasteiger partial charge in [-0.3, -0.25) is 14.9 Å². The third kappa shape index (κ3) is 4.00. The number of benzene rings is 2. The zero-order valence-electron chi connectivity index (χ0n) is 14.6. The highest BCUT2D eigenvalue weighted by molar-refractivity contribution is 7.22. The van der Waals surface area contributed by atoms with Gasteiger partial charge >= 0.3 is 0 Å². The molecule has 2 aromatic carbocycles. The van der Waals surface area contributed by atoms with Gasteiger partial charge in [0.25, 0.3) is 11.8 Å². The molecule has 1 atom stereocenters. The second-order valence-electron chi connectivity index (χ2n) is 6.06. The normalized spacial score (nSPS) is 11.9. The Labute approximate surface area is 155 Å². The fourth-order valence-electron chi connectivity index (χ4n) is 2.33. The molecule has 2 amide bonds. The van der Waals surface area contributed by atoms with Crippen LogP contribution in [0.25, 0.3) is 10.2 Å². The fourth-order valence-corrected chi connectivity index (χ4v) is 3.23. The molecule has 0 aliphatic heterocycles. The Morgan fingerprint density at radius 2 is 1.81 bits per heavy atom. The number of aromatic nitrogens is 1. The third-order valence-corrected chi connectivity index (χ3v) is 4.97. The van der Waals surface area contributed by atoms with Gasteiger partial charge in [0.1, 0.15) is 0 Å². The van der Waals surface area contributed by atoms with E-state index in [2.05, 4.69) is 15.6 Å². The summed E-state index contributed by atoms with van der Waals surface area (Å²) in [6.07, 6.45) is 0.871.